The molecule has 2 aliphatic rings. The monoisotopic (exact) mass is 221 g/mol. The summed E-state index contributed by atoms with van der Waals surface area (Å²) >= 11 is 0. The Balaban J connectivity index is 1.80. The third kappa shape index (κ3) is 2.68. The number of rotatable bonds is 5. The minimum atomic E-state index is 0.665. The van der Waals surface area contributed by atoms with Gasteiger partial charge in [0.05, 0.1) is 0 Å². The topological polar surface area (TPSA) is 12.0 Å². The Labute approximate surface area is 101 Å². The first kappa shape index (κ1) is 12.2. The van der Waals surface area contributed by atoms with Crippen LogP contribution >= 0.6 is 0 Å². The van der Waals surface area contributed by atoms with Crippen LogP contribution in [0.3, 0.4) is 0 Å². The number of hydrogen-bond acceptors (Lipinski definition) is 1. The van der Waals surface area contributed by atoms with Gasteiger partial charge in [-0.15, -0.1) is 0 Å². The highest BCUT2D eigenvalue weighted by Gasteiger charge is 2.38. The molecule has 0 saturated heterocycles. The van der Waals surface area contributed by atoms with Gasteiger partial charge in [0.2, 0.25) is 0 Å². The van der Waals surface area contributed by atoms with E-state index < -0.39 is 0 Å². The Morgan fingerprint density at radius 3 is 2.38 bits per heavy atom. The minimum absolute atomic E-state index is 0.665. The first-order chi connectivity index (χ1) is 7.56. The molecule has 0 aromatic rings. The van der Waals surface area contributed by atoms with Gasteiger partial charge in [-0.05, 0) is 56.8 Å². The summed E-state index contributed by atoms with van der Waals surface area (Å²) in [5, 5.41) is 3.80. The van der Waals surface area contributed by atoms with E-state index >= 15 is 0 Å². The molecule has 5 atom stereocenters. The summed E-state index contributed by atoms with van der Waals surface area (Å²) in [6.45, 7) is 9.34. The largest absolute Gasteiger partial charge is 0.311 e. The number of allylic oxidation sites excluding steroid dienone is 2. The lowest BCUT2D eigenvalue weighted by molar-refractivity contribution is 0.290. The summed E-state index contributed by atoms with van der Waals surface area (Å²) in [7, 11) is 0. The molecule has 1 nitrogen and oxygen atoms in total. The van der Waals surface area contributed by atoms with Gasteiger partial charge in [0.1, 0.15) is 0 Å². The number of fused-ring (bicyclic) bond motifs is 2. The normalized spacial score (nSPS) is 35.9. The van der Waals surface area contributed by atoms with Crippen LogP contribution in [-0.2, 0) is 0 Å². The van der Waals surface area contributed by atoms with Gasteiger partial charge in [-0.1, -0.05) is 26.0 Å². The van der Waals surface area contributed by atoms with Gasteiger partial charge in [-0.2, -0.15) is 0 Å². The van der Waals surface area contributed by atoms with Crippen molar-refractivity contribution >= 4 is 0 Å². The molecule has 0 heterocycles. The van der Waals surface area contributed by atoms with Gasteiger partial charge in [0, 0.05) is 12.1 Å². The molecule has 0 aromatic heterocycles. The second-order valence-electron chi connectivity index (χ2n) is 6.43. The standard InChI is InChI=1S/C15H27N/c1-10(2)7-11(3)16-12(4)15-9-13-5-6-14(15)8-13/h5-6,10-16H,7-9H2,1-4H3. The Morgan fingerprint density at radius 2 is 1.88 bits per heavy atom. The van der Waals surface area contributed by atoms with E-state index in [1.807, 2.05) is 0 Å². The highest BCUT2D eigenvalue weighted by molar-refractivity contribution is 5.11. The van der Waals surface area contributed by atoms with Crippen LogP contribution in [0, 0.1) is 23.7 Å². The van der Waals surface area contributed by atoms with Crippen LogP contribution in [0.25, 0.3) is 0 Å². The van der Waals surface area contributed by atoms with Gasteiger partial charge in [0.25, 0.3) is 0 Å². The van der Waals surface area contributed by atoms with Crippen LogP contribution in [0.1, 0.15) is 47.0 Å². The zero-order chi connectivity index (χ0) is 11.7. The number of hydrogen-bond donors (Lipinski definition) is 1. The smallest absolute Gasteiger partial charge is 0.00753 e. The molecule has 16 heavy (non-hydrogen) atoms. The molecule has 1 fully saturated rings. The molecular formula is C15H27N. The molecule has 1 saturated carbocycles. The molecule has 0 amide bonds. The first-order valence-electron chi connectivity index (χ1n) is 7.00. The summed E-state index contributed by atoms with van der Waals surface area (Å²) in [4.78, 5) is 0. The van der Waals surface area contributed by atoms with E-state index in [0.717, 1.165) is 23.7 Å². The maximum Gasteiger partial charge on any atom is 0.00753 e. The predicted octanol–water partition coefficient (Wildman–Crippen LogP) is 3.61. The number of nitrogens with one attached hydrogen (secondary N) is 1. The summed E-state index contributed by atoms with van der Waals surface area (Å²) in [5.41, 5.74) is 0. The quantitative estimate of drug-likeness (QED) is 0.699. The fourth-order valence-corrected chi connectivity index (χ4v) is 3.75. The lowest BCUT2D eigenvalue weighted by Crippen LogP contribution is -2.41. The fraction of sp³-hybridized carbons (Fsp3) is 0.867. The van der Waals surface area contributed by atoms with E-state index in [9.17, 15) is 0 Å². The van der Waals surface area contributed by atoms with Gasteiger partial charge in [-0.25, -0.2) is 0 Å². The molecule has 2 aliphatic carbocycles. The van der Waals surface area contributed by atoms with Gasteiger partial charge >= 0.3 is 0 Å². The van der Waals surface area contributed by atoms with Crippen molar-refractivity contribution in [3.63, 3.8) is 0 Å². The Bertz CT molecular complexity index is 256. The van der Waals surface area contributed by atoms with Crippen molar-refractivity contribution in [2.24, 2.45) is 23.7 Å². The fourth-order valence-electron chi connectivity index (χ4n) is 3.75. The Morgan fingerprint density at radius 1 is 1.12 bits per heavy atom. The van der Waals surface area contributed by atoms with Crippen molar-refractivity contribution in [2.75, 3.05) is 0 Å². The van der Waals surface area contributed by atoms with Crippen molar-refractivity contribution < 1.29 is 0 Å². The summed E-state index contributed by atoms with van der Waals surface area (Å²) in [5.74, 6) is 3.47. The molecule has 0 radical (unpaired) electrons. The first-order valence-corrected chi connectivity index (χ1v) is 7.00. The van der Waals surface area contributed by atoms with Gasteiger partial charge < -0.3 is 5.32 Å². The average Bonchev–Trinajstić information content (AvgIpc) is 2.76. The van der Waals surface area contributed by atoms with E-state index in [4.69, 9.17) is 0 Å². The summed E-state index contributed by atoms with van der Waals surface area (Å²) in [6.07, 6.45) is 9.04. The summed E-state index contributed by atoms with van der Waals surface area (Å²) < 4.78 is 0. The molecular weight excluding hydrogens is 194 g/mol. The Hall–Kier alpha value is -0.300. The molecule has 1 N–H and O–H groups in total. The van der Waals surface area contributed by atoms with Crippen LogP contribution in [-0.4, -0.2) is 12.1 Å². The average molecular weight is 221 g/mol. The highest BCUT2D eigenvalue weighted by atomic mass is 14.9. The maximum atomic E-state index is 3.80. The van der Waals surface area contributed by atoms with E-state index in [0.29, 0.717) is 12.1 Å². The van der Waals surface area contributed by atoms with Crippen molar-refractivity contribution in [1.82, 2.24) is 5.32 Å². The lowest BCUT2D eigenvalue weighted by Gasteiger charge is -2.29. The molecule has 92 valence electrons. The molecule has 1 heteroatoms. The van der Waals surface area contributed by atoms with E-state index in [1.165, 1.54) is 19.3 Å². The molecule has 5 unspecified atom stereocenters. The van der Waals surface area contributed by atoms with Gasteiger partial charge in [0.15, 0.2) is 0 Å². The maximum absolute atomic E-state index is 3.80. The van der Waals surface area contributed by atoms with E-state index in [-0.39, 0.29) is 0 Å². The third-order valence-corrected chi connectivity index (χ3v) is 4.34. The lowest BCUT2D eigenvalue weighted by atomic mass is 9.87. The SMILES string of the molecule is CC(C)CC(C)NC(C)C1CC2C=CC1C2. The Kier molecular flexibility index (Phi) is 3.73. The molecule has 0 aromatic carbocycles. The second kappa shape index (κ2) is 4.91. The van der Waals surface area contributed by atoms with Crippen molar-refractivity contribution in [2.45, 2.75) is 59.0 Å². The van der Waals surface area contributed by atoms with Gasteiger partial charge in [-0.3, -0.25) is 0 Å². The molecule has 0 spiro atoms. The zero-order valence-corrected chi connectivity index (χ0v) is 11.2. The van der Waals surface area contributed by atoms with Crippen LogP contribution < -0.4 is 5.32 Å². The summed E-state index contributed by atoms with van der Waals surface area (Å²) in [6, 6.07) is 1.35. The highest BCUT2D eigenvalue weighted by Crippen LogP contribution is 2.44. The predicted molar refractivity (Wildman–Crippen MR) is 70.4 cm³/mol. The van der Waals surface area contributed by atoms with Crippen LogP contribution in [0.5, 0.6) is 0 Å². The molecule has 2 rings (SSSR count). The van der Waals surface area contributed by atoms with E-state index in [2.05, 4.69) is 45.2 Å². The minimum Gasteiger partial charge on any atom is -0.311 e. The molecule has 2 bridgehead atoms. The van der Waals surface area contributed by atoms with Crippen LogP contribution in [0.15, 0.2) is 12.2 Å². The molecule has 0 aliphatic heterocycles. The van der Waals surface area contributed by atoms with Crippen molar-refractivity contribution in [1.29, 1.82) is 0 Å². The second-order valence-corrected chi connectivity index (χ2v) is 6.43. The zero-order valence-electron chi connectivity index (χ0n) is 11.2. The van der Waals surface area contributed by atoms with Crippen molar-refractivity contribution in [3.05, 3.63) is 12.2 Å². The third-order valence-electron chi connectivity index (χ3n) is 4.34. The van der Waals surface area contributed by atoms with Crippen molar-refractivity contribution in [3.8, 4) is 0 Å². The van der Waals surface area contributed by atoms with E-state index in [1.54, 1.807) is 0 Å². The van der Waals surface area contributed by atoms with Crippen LogP contribution in [0.4, 0.5) is 0 Å². The van der Waals surface area contributed by atoms with Crippen LogP contribution in [0.2, 0.25) is 0 Å².